The molecule has 2 rings (SSSR count). The summed E-state index contributed by atoms with van der Waals surface area (Å²) in [5.74, 6) is 0. The van der Waals surface area contributed by atoms with E-state index in [1.54, 1.807) is 0 Å². The number of rotatable bonds is 1. The van der Waals surface area contributed by atoms with E-state index in [9.17, 15) is 0 Å². The van der Waals surface area contributed by atoms with Crippen molar-refractivity contribution in [3.8, 4) is 0 Å². The third kappa shape index (κ3) is 3.23. The van der Waals surface area contributed by atoms with Crippen LogP contribution in [0.1, 0.15) is 65.7 Å². The monoisotopic (exact) mass is 223 g/mol. The summed E-state index contributed by atoms with van der Waals surface area (Å²) >= 11 is 0. The fourth-order valence-electron chi connectivity index (χ4n) is 3.66. The molecule has 0 bridgehead atoms. The van der Waals surface area contributed by atoms with Gasteiger partial charge in [-0.2, -0.15) is 0 Å². The van der Waals surface area contributed by atoms with E-state index in [1.807, 2.05) is 0 Å². The van der Waals surface area contributed by atoms with Gasteiger partial charge in [0.15, 0.2) is 0 Å². The highest BCUT2D eigenvalue weighted by Gasteiger charge is 2.35. The molecule has 94 valence electrons. The summed E-state index contributed by atoms with van der Waals surface area (Å²) in [6.07, 6.45) is 10.5. The van der Waals surface area contributed by atoms with Gasteiger partial charge >= 0.3 is 0 Å². The maximum absolute atomic E-state index is 2.69. The smallest absolute Gasteiger partial charge is 0.00300 e. The molecule has 1 heterocycles. The summed E-state index contributed by atoms with van der Waals surface area (Å²) < 4.78 is 0. The number of hydrogen-bond donors (Lipinski definition) is 0. The van der Waals surface area contributed by atoms with E-state index < -0.39 is 0 Å². The Labute approximate surface area is 102 Å². The van der Waals surface area contributed by atoms with Crippen LogP contribution >= 0.6 is 0 Å². The molecule has 1 saturated heterocycles. The van der Waals surface area contributed by atoms with Crippen molar-refractivity contribution in [3.63, 3.8) is 0 Å². The van der Waals surface area contributed by atoms with Gasteiger partial charge in [-0.15, -0.1) is 0 Å². The molecule has 16 heavy (non-hydrogen) atoms. The van der Waals surface area contributed by atoms with Crippen LogP contribution in [0.2, 0.25) is 0 Å². The van der Waals surface area contributed by atoms with Crippen LogP contribution < -0.4 is 0 Å². The Morgan fingerprint density at radius 1 is 0.875 bits per heavy atom. The molecule has 0 radical (unpaired) electrons. The van der Waals surface area contributed by atoms with Gasteiger partial charge in [-0.1, -0.05) is 40.0 Å². The van der Waals surface area contributed by atoms with Crippen LogP contribution in [0, 0.1) is 10.8 Å². The van der Waals surface area contributed by atoms with Crippen molar-refractivity contribution in [2.75, 3.05) is 19.6 Å². The van der Waals surface area contributed by atoms with Crippen molar-refractivity contribution in [2.24, 2.45) is 10.8 Å². The van der Waals surface area contributed by atoms with Crippen molar-refractivity contribution < 1.29 is 0 Å². The van der Waals surface area contributed by atoms with Crippen molar-refractivity contribution in [2.45, 2.75) is 65.7 Å². The van der Waals surface area contributed by atoms with Crippen LogP contribution in [0.5, 0.6) is 0 Å². The van der Waals surface area contributed by atoms with Crippen molar-refractivity contribution in [1.82, 2.24) is 4.90 Å². The molecule has 1 heteroatoms. The van der Waals surface area contributed by atoms with Crippen molar-refractivity contribution >= 4 is 0 Å². The zero-order valence-corrected chi connectivity index (χ0v) is 11.5. The fourth-order valence-corrected chi connectivity index (χ4v) is 3.66. The van der Waals surface area contributed by atoms with E-state index in [1.165, 1.54) is 64.6 Å². The van der Waals surface area contributed by atoms with Gasteiger partial charge in [0.05, 0.1) is 0 Å². The van der Waals surface area contributed by atoms with E-state index in [2.05, 4.69) is 25.7 Å². The maximum atomic E-state index is 2.69. The Bertz CT molecular complexity index is 210. The zero-order valence-electron chi connectivity index (χ0n) is 11.5. The largest absolute Gasteiger partial charge is 0.303 e. The van der Waals surface area contributed by atoms with Gasteiger partial charge in [-0.3, -0.25) is 0 Å². The minimum Gasteiger partial charge on any atom is -0.303 e. The van der Waals surface area contributed by atoms with Crippen LogP contribution in [0.15, 0.2) is 0 Å². The number of nitrogens with zero attached hydrogens (tertiary/aromatic N) is 1. The molecule has 1 aliphatic heterocycles. The molecule has 1 nitrogen and oxygen atoms in total. The maximum Gasteiger partial charge on any atom is 0.00300 e. The second-order valence-electron chi connectivity index (χ2n) is 7.40. The topological polar surface area (TPSA) is 3.24 Å². The van der Waals surface area contributed by atoms with E-state index in [4.69, 9.17) is 0 Å². The molecule has 0 amide bonds. The third-order valence-corrected chi connectivity index (χ3v) is 4.53. The first-order valence-corrected chi connectivity index (χ1v) is 7.22. The van der Waals surface area contributed by atoms with Gasteiger partial charge in [0.2, 0.25) is 0 Å². The minimum absolute atomic E-state index is 0.469. The third-order valence-electron chi connectivity index (χ3n) is 4.53. The molecule has 2 fully saturated rings. The number of hydrogen-bond acceptors (Lipinski definition) is 1. The van der Waals surface area contributed by atoms with E-state index in [0.717, 1.165) is 5.41 Å². The Kier molecular flexibility index (Phi) is 3.63. The molecular formula is C15H29N. The number of piperidine rings is 1. The predicted octanol–water partition coefficient (Wildman–Crippen LogP) is 4.08. The molecule has 0 aromatic rings. The number of likely N-dealkylation sites (tertiary alicyclic amines) is 1. The molecule has 0 unspecified atom stereocenters. The Morgan fingerprint density at radius 2 is 1.44 bits per heavy atom. The molecule has 2 aliphatic rings. The Morgan fingerprint density at radius 3 is 1.94 bits per heavy atom. The summed E-state index contributed by atoms with van der Waals surface area (Å²) in [6.45, 7) is 11.1. The highest BCUT2D eigenvalue weighted by molar-refractivity contribution is 4.89. The lowest BCUT2D eigenvalue weighted by molar-refractivity contribution is 0.0514. The van der Waals surface area contributed by atoms with Crippen LogP contribution in [-0.2, 0) is 0 Å². The summed E-state index contributed by atoms with van der Waals surface area (Å²) in [5.41, 5.74) is 1.24. The SMILES string of the molecule is CC(C)(C)CN1CCC2(CCCCC2)CC1. The average molecular weight is 223 g/mol. The average Bonchev–Trinajstić information content (AvgIpc) is 2.22. The van der Waals surface area contributed by atoms with Crippen molar-refractivity contribution in [3.05, 3.63) is 0 Å². The van der Waals surface area contributed by atoms with E-state index in [0.29, 0.717) is 5.41 Å². The standard InChI is InChI=1S/C15H29N/c1-14(2,3)13-16-11-9-15(10-12-16)7-5-4-6-8-15/h4-13H2,1-3H3. The summed E-state index contributed by atoms with van der Waals surface area (Å²) in [7, 11) is 0. The minimum atomic E-state index is 0.469. The second-order valence-corrected chi connectivity index (χ2v) is 7.40. The molecule has 0 N–H and O–H groups in total. The summed E-state index contributed by atoms with van der Waals surface area (Å²) in [5, 5.41) is 0. The lowest BCUT2D eigenvalue weighted by Gasteiger charge is -2.45. The van der Waals surface area contributed by atoms with Gasteiger partial charge in [0.25, 0.3) is 0 Å². The fraction of sp³-hybridized carbons (Fsp3) is 1.00. The van der Waals surface area contributed by atoms with Gasteiger partial charge in [0, 0.05) is 6.54 Å². The Balaban J connectivity index is 1.82. The molecule has 0 atom stereocenters. The molecular weight excluding hydrogens is 194 g/mol. The summed E-state index contributed by atoms with van der Waals surface area (Å²) in [6, 6.07) is 0. The van der Waals surface area contributed by atoms with Crippen LogP contribution in [0.3, 0.4) is 0 Å². The van der Waals surface area contributed by atoms with Gasteiger partial charge in [-0.05, 0) is 49.6 Å². The molecule has 1 saturated carbocycles. The first kappa shape index (κ1) is 12.4. The lowest BCUT2D eigenvalue weighted by Crippen LogP contribution is -2.44. The highest BCUT2D eigenvalue weighted by atomic mass is 15.1. The van der Waals surface area contributed by atoms with Gasteiger partial charge < -0.3 is 4.90 Å². The Hall–Kier alpha value is -0.0400. The summed E-state index contributed by atoms with van der Waals surface area (Å²) in [4.78, 5) is 2.69. The lowest BCUT2D eigenvalue weighted by atomic mass is 9.68. The molecule has 0 aromatic carbocycles. The molecule has 1 spiro atoms. The first-order chi connectivity index (χ1) is 7.49. The van der Waals surface area contributed by atoms with Crippen molar-refractivity contribution in [1.29, 1.82) is 0 Å². The molecule has 1 aliphatic carbocycles. The molecule has 0 aromatic heterocycles. The second kappa shape index (κ2) is 4.68. The van der Waals surface area contributed by atoms with E-state index >= 15 is 0 Å². The van der Waals surface area contributed by atoms with E-state index in [-0.39, 0.29) is 0 Å². The van der Waals surface area contributed by atoms with Crippen LogP contribution in [0.25, 0.3) is 0 Å². The first-order valence-electron chi connectivity index (χ1n) is 7.22. The van der Waals surface area contributed by atoms with Crippen LogP contribution in [0.4, 0.5) is 0 Å². The quantitative estimate of drug-likeness (QED) is 0.647. The van der Waals surface area contributed by atoms with Crippen LogP contribution in [-0.4, -0.2) is 24.5 Å². The normalized spacial score (nSPS) is 27.2. The highest BCUT2D eigenvalue weighted by Crippen LogP contribution is 2.44. The van der Waals surface area contributed by atoms with Gasteiger partial charge in [-0.25, -0.2) is 0 Å². The predicted molar refractivity (Wildman–Crippen MR) is 70.6 cm³/mol. The zero-order chi connectivity index (χ0) is 11.6. The van der Waals surface area contributed by atoms with Gasteiger partial charge in [0.1, 0.15) is 0 Å².